The van der Waals surface area contributed by atoms with Gasteiger partial charge in [-0.15, -0.1) is 11.3 Å². The second-order valence-electron chi connectivity index (χ2n) is 7.83. The maximum atomic E-state index is 13.6. The summed E-state index contributed by atoms with van der Waals surface area (Å²) in [5.74, 6) is 0.823. The zero-order valence-electron chi connectivity index (χ0n) is 17.6. The smallest absolute Gasteiger partial charge is 0.258 e. The highest BCUT2D eigenvalue weighted by atomic mass is 32.1. The molecule has 1 aliphatic heterocycles. The Hall–Kier alpha value is -2.63. The summed E-state index contributed by atoms with van der Waals surface area (Å²) < 4.78 is 5.42. The third-order valence-electron chi connectivity index (χ3n) is 5.73. The van der Waals surface area contributed by atoms with Crippen molar-refractivity contribution in [3.8, 4) is 5.75 Å². The maximum absolute atomic E-state index is 13.6. The molecule has 0 saturated carbocycles. The van der Waals surface area contributed by atoms with E-state index in [0.29, 0.717) is 0 Å². The number of carbonyl (C=O) groups is 1. The van der Waals surface area contributed by atoms with Gasteiger partial charge in [-0.2, -0.15) is 0 Å². The number of thiophene rings is 1. The summed E-state index contributed by atoms with van der Waals surface area (Å²) in [7, 11) is 1.66. The first-order valence-electron chi connectivity index (χ1n) is 10.4. The van der Waals surface area contributed by atoms with Crippen LogP contribution in [0.5, 0.6) is 5.75 Å². The number of benzene rings is 2. The van der Waals surface area contributed by atoms with Crippen LogP contribution in [0.4, 0.5) is 5.69 Å². The van der Waals surface area contributed by atoms with Gasteiger partial charge in [0, 0.05) is 47.9 Å². The van der Waals surface area contributed by atoms with E-state index in [-0.39, 0.29) is 11.9 Å². The van der Waals surface area contributed by atoms with Crippen molar-refractivity contribution in [2.45, 2.75) is 32.4 Å². The molecule has 5 heteroatoms. The van der Waals surface area contributed by atoms with Gasteiger partial charge in [-0.1, -0.05) is 29.8 Å². The van der Waals surface area contributed by atoms with Crippen molar-refractivity contribution in [1.82, 2.24) is 4.90 Å². The predicted molar refractivity (Wildman–Crippen MR) is 124 cm³/mol. The van der Waals surface area contributed by atoms with E-state index in [2.05, 4.69) is 22.4 Å². The Morgan fingerprint density at radius 3 is 2.53 bits per heavy atom. The average Bonchev–Trinajstić information content (AvgIpc) is 3.29. The zero-order valence-corrected chi connectivity index (χ0v) is 18.4. The van der Waals surface area contributed by atoms with Gasteiger partial charge in [0.05, 0.1) is 7.11 Å². The Morgan fingerprint density at radius 2 is 1.87 bits per heavy atom. The first-order chi connectivity index (χ1) is 14.6. The van der Waals surface area contributed by atoms with Gasteiger partial charge in [0.25, 0.3) is 5.91 Å². The molecular weight excluding hydrogens is 392 g/mol. The van der Waals surface area contributed by atoms with Gasteiger partial charge in [-0.25, -0.2) is 0 Å². The van der Waals surface area contributed by atoms with Gasteiger partial charge in [0.15, 0.2) is 0 Å². The maximum Gasteiger partial charge on any atom is 0.258 e. The molecule has 0 atom stereocenters. The van der Waals surface area contributed by atoms with Crippen molar-refractivity contribution >= 4 is 22.9 Å². The molecule has 156 valence electrons. The van der Waals surface area contributed by atoms with E-state index in [4.69, 9.17) is 4.74 Å². The number of hydrogen-bond donors (Lipinski definition) is 0. The normalized spacial score (nSPS) is 15.1. The molecule has 4 rings (SSSR count). The molecule has 0 aliphatic carbocycles. The highest BCUT2D eigenvalue weighted by Crippen LogP contribution is 2.29. The molecule has 0 spiro atoms. The molecule has 0 N–H and O–H groups in total. The van der Waals surface area contributed by atoms with Crippen molar-refractivity contribution in [2.24, 2.45) is 0 Å². The molecule has 2 aromatic carbocycles. The Morgan fingerprint density at radius 1 is 1.10 bits per heavy atom. The van der Waals surface area contributed by atoms with E-state index in [1.807, 2.05) is 71.7 Å². The molecule has 0 radical (unpaired) electrons. The molecule has 1 saturated heterocycles. The molecule has 1 fully saturated rings. The summed E-state index contributed by atoms with van der Waals surface area (Å²) in [5, 5.41) is 2.13. The largest absolute Gasteiger partial charge is 0.497 e. The van der Waals surface area contributed by atoms with Crippen LogP contribution in [0.15, 0.2) is 66.0 Å². The number of ether oxygens (including phenoxy) is 1. The van der Waals surface area contributed by atoms with Crippen molar-refractivity contribution < 1.29 is 9.53 Å². The molecule has 1 aromatic heterocycles. The van der Waals surface area contributed by atoms with Crippen molar-refractivity contribution in [3.63, 3.8) is 0 Å². The highest BCUT2D eigenvalue weighted by Gasteiger charge is 2.30. The number of aryl methyl sites for hydroxylation is 1. The molecule has 0 bridgehead atoms. The first kappa shape index (κ1) is 20.6. The molecule has 30 heavy (non-hydrogen) atoms. The molecule has 3 aromatic rings. The van der Waals surface area contributed by atoms with Crippen LogP contribution in [0, 0.1) is 6.92 Å². The monoisotopic (exact) mass is 420 g/mol. The van der Waals surface area contributed by atoms with Crippen LogP contribution in [-0.4, -0.2) is 37.0 Å². The minimum Gasteiger partial charge on any atom is -0.497 e. The van der Waals surface area contributed by atoms with Crippen LogP contribution in [-0.2, 0) is 6.54 Å². The lowest BCUT2D eigenvalue weighted by Gasteiger charge is -2.38. The van der Waals surface area contributed by atoms with Gasteiger partial charge < -0.3 is 9.64 Å². The number of likely N-dealkylation sites (tertiary alicyclic amines) is 1. The minimum atomic E-state index is 0.0555. The second kappa shape index (κ2) is 9.45. The second-order valence-corrected chi connectivity index (χ2v) is 8.86. The first-order valence-corrected chi connectivity index (χ1v) is 11.3. The lowest BCUT2D eigenvalue weighted by Crippen LogP contribution is -2.47. The molecule has 0 unspecified atom stereocenters. The summed E-state index contributed by atoms with van der Waals surface area (Å²) in [6.45, 7) is 5.02. The average molecular weight is 421 g/mol. The number of piperidine rings is 1. The van der Waals surface area contributed by atoms with Crippen LogP contribution < -0.4 is 9.64 Å². The SMILES string of the molecule is COc1cccc(N(C(=O)c2ccc(C)cc2)C2CCN(Cc3cccs3)CC2)c1. The number of anilines is 1. The molecule has 1 amide bonds. The van der Waals surface area contributed by atoms with Gasteiger partial charge in [0.1, 0.15) is 5.75 Å². The Labute approximate surface area is 182 Å². The summed E-state index contributed by atoms with van der Waals surface area (Å²) >= 11 is 1.81. The number of amides is 1. The number of carbonyl (C=O) groups excluding carboxylic acids is 1. The number of hydrogen-bond acceptors (Lipinski definition) is 4. The fourth-order valence-electron chi connectivity index (χ4n) is 4.05. The molecular formula is C25H28N2O2S. The topological polar surface area (TPSA) is 32.8 Å². The standard InChI is InChI=1S/C25H28N2O2S/c1-19-8-10-20(11-9-19)25(28)27(22-5-3-6-23(17-22)29-2)21-12-14-26(15-13-21)18-24-7-4-16-30-24/h3-11,16-17,21H,12-15,18H2,1-2H3. The third kappa shape index (κ3) is 4.74. The van der Waals surface area contributed by atoms with Crippen molar-refractivity contribution in [3.05, 3.63) is 82.0 Å². The van der Waals surface area contributed by atoms with Gasteiger partial charge in [-0.3, -0.25) is 9.69 Å². The predicted octanol–water partition coefficient (Wildman–Crippen LogP) is 5.38. The molecule has 1 aliphatic rings. The lowest BCUT2D eigenvalue weighted by molar-refractivity contribution is 0.0959. The fourth-order valence-corrected chi connectivity index (χ4v) is 4.79. The highest BCUT2D eigenvalue weighted by molar-refractivity contribution is 7.09. The Bertz CT molecular complexity index is 961. The van der Waals surface area contributed by atoms with Gasteiger partial charge >= 0.3 is 0 Å². The Kier molecular flexibility index (Phi) is 6.50. The van der Waals surface area contributed by atoms with Crippen LogP contribution in [0.1, 0.15) is 33.6 Å². The van der Waals surface area contributed by atoms with E-state index < -0.39 is 0 Å². The summed E-state index contributed by atoms with van der Waals surface area (Å²) in [6.07, 6.45) is 1.92. The van der Waals surface area contributed by atoms with E-state index in [1.54, 1.807) is 7.11 Å². The Balaban J connectivity index is 1.56. The van der Waals surface area contributed by atoms with Crippen molar-refractivity contribution in [2.75, 3.05) is 25.1 Å². The molecule has 4 nitrogen and oxygen atoms in total. The summed E-state index contributed by atoms with van der Waals surface area (Å²) in [6, 6.07) is 20.2. The summed E-state index contributed by atoms with van der Waals surface area (Å²) in [5.41, 5.74) is 2.78. The van der Waals surface area contributed by atoms with E-state index in [0.717, 1.165) is 55.0 Å². The quantitative estimate of drug-likeness (QED) is 0.537. The van der Waals surface area contributed by atoms with Crippen LogP contribution in [0.25, 0.3) is 0 Å². The van der Waals surface area contributed by atoms with Crippen LogP contribution in [0.2, 0.25) is 0 Å². The van der Waals surface area contributed by atoms with Gasteiger partial charge in [0.2, 0.25) is 0 Å². The van der Waals surface area contributed by atoms with Gasteiger partial charge in [-0.05, 0) is 55.5 Å². The van der Waals surface area contributed by atoms with Crippen molar-refractivity contribution in [1.29, 1.82) is 0 Å². The van der Waals surface area contributed by atoms with E-state index in [9.17, 15) is 4.79 Å². The van der Waals surface area contributed by atoms with Crippen LogP contribution >= 0.6 is 11.3 Å². The fraction of sp³-hybridized carbons (Fsp3) is 0.320. The number of rotatable bonds is 6. The summed E-state index contributed by atoms with van der Waals surface area (Å²) in [4.78, 5) is 19.4. The van der Waals surface area contributed by atoms with E-state index >= 15 is 0 Å². The lowest BCUT2D eigenvalue weighted by atomic mass is 10.00. The number of nitrogens with zero attached hydrogens (tertiary/aromatic N) is 2. The molecule has 2 heterocycles. The third-order valence-corrected chi connectivity index (χ3v) is 6.59. The van der Waals surface area contributed by atoms with Crippen LogP contribution in [0.3, 0.4) is 0 Å². The number of methoxy groups -OCH3 is 1. The zero-order chi connectivity index (χ0) is 20.9. The van der Waals surface area contributed by atoms with E-state index in [1.165, 1.54) is 4.88 Å². The minimum absolute atomic E-state index is 0.0555.